The molecule has 0 bridgehead atoms. The van der Waals surface area contributed by atoms with Crippen molar-refractivity contribution in [1.29, 1.82) is 0 Å². The molecule has 1 saturated carbocycles. The molecule has 2 atom stereocenters. The van der Waals surface area contributed by atoms with Gasteiger partial charge in [0.2, 0.25) is 0 Å². The first kappa shape index (κ1) is 19.8. The maximum atomic E-state index is 13.1. The molecule has 4 rings (SSSR count). The average Bonchev–Trinajstić information content (AvgIpc) is 2.76. The molecule has 7 nitrogen and oxygen atoms in total. The number of aromatic hydroxyl groups is 1. The minimum Gasteiger partial charge on any atom is -0.508 e. The first-order valence-electron chi connectivity index (χ1n) is 10.1. The van der Waals surface area contributed by atoms with E-state index < -0.39 is 0 Å². The Hall–Kier alpha value is -3.45. The lowest BCUT2D eigenvalue weighted by atomic mass is 9.90. The van der Waals surface area contributed by atoms with Crippen LogP contribution in [-0.4, -0.2) is 33.1 Å². The number of amides is 1. The van der Waals surface area contributed by atoms with Gasteiger partial charge in [-0.3, -0.25) is 4.79 Å². The van der Waals surface area contributed by atoms with E-state index in [1.807, 2.05) is 18.2 Å². The third kappa shape index (κ3) is 4.58. The highest BCUT2D eigenvalue weighted by molar-refractivity contribution is 6.02. The van der Waals surface area contributed by atoms with Gasteiger partial charge in [-0.2, -0.15) is 0 Å². The van der Waals surface area contributed by atoms with Crippen LogP contribution < -0.4 is 16.4 Å². The maximum Gasteiger partial charge on any atom is 0.252 e. The number of phenolic OH excluding ortho intramolecular Hbond substituents is 1. The van der Waals surface area contributed by atoms with Crippen molar-refractivity contribution in [1.82, 2.24) is 15.3 Å². The number of hydrogen-bond acceptors (Lipinski definition) is 6. The summed E-state index contributed by atoms with van der Waals surface area (Å²) in [5.74, 6) is 0.629. The quantitative estimate of drug-likeness (QED) is 0.518. The Morgan fingerprint density at radius 2 is 1.97 bits per heavy atom. The van der Waals surface area contributed by atoms with Crippen molar-refractivity contribution >= 4 is 17.4 Å². The van der Waals surface area contributed by atoms with Gasteiger partial charge in [0.05, 0.1) is 0 Å². The smallest absolute Gasteiger partial charge is 0.252 e. The Bertz CT molecular complexity index is 1030. The van der Waals surface area contributed by atoms with Crippen molar-refractivity contribution in [2.24, 2.45) is 5.73 Å². The van der Waals surface area contributed by atoms with E-state index >= 15 is 0 Å². The van der Waals surface area contributed by atoms with Crippen molar-refractivity contribution in [2.75, 3.05) is 5.32 Å². The monoisotopic (exact) mass is 403 g/mol. The topological polar surface area (TPSA) is 113 Å². The van der Waals surface area contributed by atoms with E-state index in [9.17, 15) is 9.90 Å². The van der Waals surface area contributed by atoms with Crippen LogP contribution in [0, 0.1) is 0 Å². The fraction of sp³-hybridized carbons (Fsp3) is 0.261. The largest absolute Gasteiger partial charge is 0.508 e. The number of phenols is 1. The van der Waals surface area contributed by atoms with Crippen LogP contribution in [0.4, 0.5) is 11.5 Å². The highest BCUT2D eigenvalue weighted by Gasteiger charge is 2.25. The zero-order chi connectivity index (χ0) is 20.9. The first-order chi connectivity index (χ1) is 14.6. The van der Waals surface area contributed by atoms with Gasteiger partial charge in [-0.15, -0.1) is 0 Å². The molecule has 0 radical (unpaired) electrons. The van der Waals surface area contributed by atoms with E-state index in [0.717, 1.165) is 36.9 Å². The molecular formula is C23H25N5O2. The van der Waals surface area contributed by atoms with E-state index in [1.54, 1.807) is 36.5 Å². The van der Waals surface area contributed by atoms with Crippen molar-refractivity contribution in [3.05, 3.63) is 66.6 Å². The SMILES string of the molecule is N[C@@H]1CCCCC1NC(=O)c1ccc(Nc2ccncn2)cc1-c1cccc(O)c1. The maximum absolute atomic E-state index is 13.1. The number of benzene rings is 2. The fourth-order valence-corrected chi connectivity index (χ4v) is 3.83. The van der Waals surface area contributed by atoms with Gasteiger partial charge in [0.15, 0.2) is 0 Å². The second kappa shape index (κ2) is 8.92. The fourth-order valence-electron chi connectivity index (χ4n) is 3.83. The Labute approximate surface area is 175 Å². The Morgan fingerprint density at radius 3 is 2.73 bits per heavy atom. The summed E-state index contributed by atoms with van der Waals surface area (Å²) in [6, 6.07) is 14.1. The molecule has 154 valence electrons. The molecule has 7 heteroatoms. The lowest BCUT2D eigenvalue weighted by Gasteiger charge is -2.29. The molecule has 1 aromatic heterocycles. The van der Waals surface area contributed by atoms with E-state index in [-0.39, 0.29) is 23.7 Å². The normalized spacial score (nSPS) is 18.6. The van der Waals surface area contributed by atoms with Crippen LogP contribution in [0.2, 0.25) is 0 Å². The molecule has 0 spiro atoms. The summed E-state index contributed by atoms with van der Waals surface area (Å²) in [7, 11) is 0. The lowest BCUT2D eigenvalue weighted by molar-refractivity contribution is 0.0922. The number of hydrogen-bond donors (Lipinski definition) is 4. The zero-order valence-electron chi connectivity index (χ0n) is 16.6. The van der Waals surface area contributed by atoms with E-state index in [4.69, 9.17) is 5.73 Å². The standard InChI is InChI=1S/C23H25N5O2/c24-20-6-1-2-7-21(20)28-23(30)18-9-8-16(27-22-10-11-25-14-26-22)13-19(18)15-4-3-5-17(29)12-15/h3-5,8-14,20-21,29H,1-2,6-7,24H2,(H,28,30)(H,25,26,27)/t20-,21?/m1/s1. The molecule has 1 aliphatic carbocycles. The number of rotatable bonds is 5. The van der Waals surface area contributed by atoms with Crippen molar-refractivity contribution in [3.63, 3.8) is 0 Å². The van der Waals surface area contributed by atoms with Crippen LogP contribution in [-0.2, 0) is 0 Å². The summed E-state index contributed by atoms with van der Waals surface area (Å²) < 4.78 is 0. The summed E-state index contributed by atoms with van der Waals surface area (Å²) in [5.41, 5.74) is 8.99. The molecule has 1 heterocycles. The molecule has 0 saturated heterocycles. The lowest BCUT2D eigenvalue weighted by Crippen LogP contribution is -2.49. The molecule has 30 heavy (non-hydrogen) atoms. The highest BCUT2D eigenvalue weighted by atomic mass is 16.3. The summed E-state index contributed by atoms with van der Waals surface area (Å²) in [6.45, 7) is 0. The number of nitrogens with one attached hydrogen (secondary N) is 2. The summed E-state index contributed by atoms with van der Waals surface area (Å²) in [4.78, 5) is 21.2. The van der Waals surface area contributed by atoms with E-state index in [0.29, 0.717) is 16.9 Å². The first-order valence-corrected chi connectivity index (χ1v) is 10.1. The van der Waals surface area contributed by atoms with Crippen LogP contribution in [0.1, 0.15) is 36.0 Å². The summed E-state index contributed by atoms with van der Waals surface area (Å²) >= 11 is 0. The van der Waals surface area contributed by atoms with Gasteiger partial charge in [0, 0.05) is 29.5 Å². The van der Waals surface area contributed by atoms with E-state index in [2.05, 4.69) is 20.6 Å². The third-order valence-corrected chi connectivity index (χ3v) is 5.41. The predicted octanol–water partition coefficient (Wildman–Crippen LogP) is 3.59. The van der Waals surface area contributed by atoms with Crippen LogP contribution >= 0.6 is 0 Å². The molecule has 3 aromatic rings. The average molecular weight is 403 g/mol. The molecule has 1 fully saturated rings. The van der Waals surface area contributed by atoms with E-state index in [1.165, 1.54) is 6.33 Å². The Morgan fingerprint density at radius 1 is 1.10 bits per heavy atom. The van der Waals surface area contributed by atoms with Gasteiger partial charge >= 0.3 is 0 Å². The zero-order valence-corrected chi connectivity index (χ0v) is 16.6. The number of nitrogens with zero attached hydrogens (tertiary/aromatic N) is 2. The van der Waals surface area contributed by atoms with Gasteiger partial charge in [0.1, 0.15) is 17.9 Å². The molecule has 2 aromatic carbocycles. The molecule has 1 aliphatic rings. The van der Waals surface area contributed by atoms with Crippen molar-refractivity contribution in [2.45, 2.75) is 37.8 Å². The number of aromatic nitrogens is 2. The summed E-state index contributed by atoms with van der Waals surface area (Å²) in [6.07, 6.45) is 7.10. The summed E-state index contributed by atoms with van der Waals surface area (Å²) in [5, 5.41) is 16.3. The highest BCUT2D eigenvalue weighted by Crippen LogP contribution is 2.30. The minimum atomic E-state index is -0.163. The van der Waals surface area contributed by atoms with Gasteiger partial charge in [-0.1, -0.05) is 25.0 Å². The molecule has 5 N–H and O–H groups in total. The Balaban J connectivity index is 1.67. The van der Waals surface area contributed by atoms with Crippen molar-refractivity contribution < 1.29 is 9.90 Å². The molecular weight excluding hydrogens is 378 g/mol. The van der Waals surface area contributed by atoms with Gasteiger partial charge in [-0.25, -0.2) is 9.97 Å². The number of anilines is 2. The van der Waals surface area contributed by atoms with Crippen LogP contribution in [0.5, 0.6) is 5.75 Å². The second-order valence-electron chi connectivity index (χ2n) is 7.56. The van der Waals surface area contributed by atoms with Gasteiger partial charge < -0.3 is 21.5 Å². The number of carbonyl (C=O) groups excluding carboxylic acids is 1. The van der Waals surface area contributed by atoms with Crippen LogP contribution in [0.25, 0.3) is 11.1 Å². The van der Waals surface area contributed by atoms with Crippen molar-refractivity contribution in [3.8, 4) is 16.9 Å². The number of carbonyl (C=O) groups is 1. The molecule has 0 aliphatic heterocycles. The van der Waals surface area contributed by atoms with Gasteiger partial charge in [-0.05, 0) is 60.4 Å². The number of nitrogens with two attached hydrogens (primary N) is 1. The minimum absolute atomic E-state index is 0.0226. The Kier molecular flexibility index (Phi) is 5.90. The predicted molar refractivity (Wildman–Crippen MR) is 117 cm³/mol. The third-order valence-electron chi connectivity index (χ3n) is 5.41. The molecule has 1 amide bonds. The second-order valence-corrected chi connectivity index (χ2v) is 7.56. The molecule has 1 unspecified atom stereocenters. The van der Waals surface area contributed by atoms with Crippen LogP contribution in [0.15, 0.2) is 61.1 Å². The van der Waals surface area contributed by atoms with Gasteiger partial charge in [0.25, 0.3) is 5.91 Å². The van der Waals surface area contributed by atoms with Crippen LogP contribution in [0.3, 0.4) is 0 Å².